The molecule has 0 fully saturated rings. The van der Waals surface area contributed by atoms with Crippen LogP contribution in [0.5, 0.6) is 0 Å². The van der Waals surface area contributed by atoms with E-state index >= 15 is 0 Å². The first-order chi connectivity index (χ1) is 5.70. The van der Waals surface area contributed by atoms with Crippen LogP contribution < -0.4 is 0 Å². The van der Waals surface area contributed by atoms with Crippen molar-refractivity contribution in [3.8, 4) is 12.3 Å². The lowest BCUT2D eigenvalue weighted by Gasteiger charge is -2.37. The van der Waals surface area contributed by atoms with Gasteiger partial charge in [0.15, 0.2) is 8.32 Å². The van der Waals surface area contributed by atoms with Gasteiger partial charge in [-0.1, -0.05) is 43.4 Å². The third kappa shape index (κ3) is 4.48. The lowest BCUT2D eigenvalue weighted by Crippen LogP contribution is -2.42. The van der Waals surface area contributed by atoms with E-state index in [1.54, 1.807) is 0 Å². The SMILES string of the molecule is C#CCC(I)O[Si](C)(C)C(C)(C)C. The molecule has 0 rings (SSSR count). The molecule has 0 saturated carbocycles. The van der Waals surface area contributed by atoms with Crippen LogP contribution in [0.2, 0.25) is 18.1 Å². The van der Waals surface area contributed by atoms with Gasteiger partial charge in [-0.2, -0.15) is 0 Å². The molecular formula is C10H19IOSi. The summed E-state index contributed by atoms with van der Waals surface area (Å²) in [4.78, 5) is 0. The van der Waals surface area contributed by atoms with Crippen LogP contribution in [0.3, 0.4) is 0 Å². The highest BCUT2D eigenvalue weighted by Crippen LogP contribution is 2.38. The van der Waals surface area contributed by atoms with E-state index in [9.17, 15) is 0 Å². The van der Waals surface area contributed by atoms with E-state index in [0.717, 1.165) is 0 Å². The molecule has 1 unspecified atom stereocenters. The van der Waals surface area contributed by atoms with Crippen molar-refractivity contribution in [2.45, 2.75) is 49.4 Å². The van der Waals surface area contributed by atoms with Crippen molar-refractivity contribution in [3.63, 3.8) is 0 Å². The van der Waals surface area contributed by atoms with E-state index in [1.165, 1.54) is 0 Å². The Hall–Kier alpha value is 0.467. The van der Waals surface area contributed by atoms with Gasteiger partial charge in [0.1, 0.15) is 4.11 Å². The van der Waals surface area contributed by atoms with Crippen molar-refractivity contribution < 1.29 is 4.43 Å². The molecule has 1 nitrogen and oxygen atoms in total. The first-order valence-corrected chi connectivity index (χ1v) is 8.61. The van der Waals surface area contributed by atoms with E-state index in [1.807, 2.05) is 0 Å². The van der Waals surface area contributed by atoms with Gasteiger partial charge < -0.3 is 4.43 Å². The summed E-state index contributed by atoms with van der Waals surface area (Å²) in [6, 6.07) is 0. The molecular weight excluding hydrogens is 291 g/mol. The number of terminal acetylenes is 1. The topological polar surface area (TPSA) is 9.23 Å². The van der Waals surface area contributed by atoms with Crippen molar-refractivity contribution >= 4 is 30.9 Å². The third-order valence-corrected chi connectivity index (χ3v) is 8.17. The lowest BCUT2D eigenvalue weighted by atomic mass is 10.2. The Kier molecular flexibility index (Phi) is 4.98. The Morgan fingerprint density at radius 2 is 1.92 bits per heavy atom. The zero-order valence-corrected chi connectivity index (χ0v) is 12.3. The number of hydrogen-bond acceptors (Lipinski definition) is 1. The summed E-state index contributed by atoms with van der Waals surface area (Å²) >= 11 is 2.28. The molecule has 0 N–H and O–H groups in total. The average Bonchev–Trinajstić information content (AvgIpc) is 1.83. The molecule has 3 heteroatoms. The standard InChI is InChI=1S/C10H19IOSi/c1-7-8-9(11)12-13(5,6)10(2,3)4/h1,9H,8H2,2-6H3. The van der Waals surface area contributed by atoms with E-state index in [4.69, 9.17) is 10.8 Å². The first kappa shape index (κ1) is 13.5. The number of alkyl halides is 1. The summed E-state index contributed by atoms with van der Waals surface area (Å²) in [6.07, 6.45) is 5.94. The largest absolute Gasteiger partial charge is 0.404 e. The number of halogens is 1. The van der Waals surface area contributed by atoms with Crippen molar-refractivity contribution in [1.82, 2.24) is 0 Å². The first-order valence-electron chi connectivity index (χ1n) is 4.46. The third-order valence-electron chi connectivity index (χ3n) is 2.51. The van der Waals surface area contributed by atoms with Crippen molar-refractivity contribution in [3.05, 3.63) is 0 Å². The van der Waals surface area contributed by atoms with Crippen LogP contribution in [0.1, 0.15) is 27.2 Å². The molecule has 0 aliphatic carbocycles. The lowest BCUT2D eigenvalue weighted by molar-refractivity contribution is 0.280. The second-order valence-electron chi connectivity index (χ2n) is 4.70. The normalized spacial score (nSPS) is 15.2. The van der Waals surface area contributed by atoms with Gasteiger partial charge in [0.05, 0.1) is 0 Å². The summed E-state index contributed by atoms with van der Waals surface area (Å²) in [6.45, 7) is 11.2. The van der Waals surface area contributed by atoms with Gasteiger partial charge in [0, 0.05) is 6.42 Å². The van der Waals surface area contributed by atoms with E-state index in [-0.39, 0.29) is 9.15 Å². The molecule has 0 spiro atoms. The monoisotopic (exact) mass is 310 g/mol. The minimum Gasteiger partial charge on any atom is -0.404 e. The second-order valence-corrected chi connectivity index (χ2v) is 10.8. The van der Waals surface area contributed by atoms with Gasteiger partial charge in [0.25, 0.3) is 0 Å². The maximum Gasteiger partial charge on any atom is 0.193 e. The van der Waals surface area contributed by atoms with Gasteiger partial charge in [0.2, 0.25) is 0 Å². The van der Waals surface area contributed by atoms with Crippen LogP contribution in [0.4, 0.5) is 0 Å². The average molecular weight is 310 g/mol. The predicted molar refractivity (Wildman–Crippen MR) is 69.5 cm³/mol. The molecule has 0 heterocycles. The summed E-state index contributed by atoms with van der Waals surface area (Å²) in [5, 5.41) is 0.269. The highest BCUT2D eigenvalue weighted by Gasteiger charge is 2.38. The van der Waals surface area contributed by atoms with Crippen molar-refractivity contribution in [2.75, 3.05) is 0 Å². The molecule has 0 aliphatic heterocycles. The molecule has 76 valence electrons. The zero-order valence-electron chi connectivity index (χ0n) is 9.15. The molecule has 0 radical (unpaired) electrons. The van der Waals surface area contributed by atoms with Crippen LogP contribution >= 0.6 is 22.6 Å². The maximum absolute atomic E-state index is 6.03. The van der Waals surface area contributed by atoms with Crippen molar-refractivity contribution in [1.29, 1.82) is 0 Å². The molecule has 0 saturated heterocycles. The van der Waals surface area contributed by atoms with E-state index in [2.05, 4.69) is 62.4 Å². The minimum atomic E-state index is -1.61. The van der Waals surface area contributed by atoms with Gasteiger partial charge >= 0.3 is 0 Å². The van der Waals surface area contributed by atoms with Gasteiger partial charge in [-0.25, -0.2) is 0 Å². The fourth-order valence-electron chi connectivity index (χ4n) is 0.631. The fourth-order valence-corrected chi connectivity index (χ4v) is 3.87. The molecule has 1 atom stereocenters. The maximum atomic E-state index is 6.03. The summed E-state index contributed by atoms with van der Waals surface area (Å²) < 4.78 is 6.20. The second kappa shape index (κ2) is 4.81. The predicted octanol–water partition coefficient (Wildman–Crippen LogP) is 3.79. The summed E-state index contributed by atoms with van der Waals surface area (Å²) in [7, 11) is -1.61. The highest BCUT2D eigenvalue weighted by molar-refractivity contribution is 14.1. The Balaban J connectivity index is 4.27. The molecule has 0 amide bonds. The van der Waals surface area contributed by atoms with Gasteiger partial charge in [-0.3, -0.25) is 0 Å². The van der Waals surface area contributed by atoms with Gasteiger partial charge in [-0.05, 0) is 18.1 Å². The molecule has 0 bridgehead atoms. The highest BCUT2D eigenvalue weighted by atomic mass is 127. The van der Waals surface area contributed by atoms with Crippen LogP contribution in [-0.2, 0) is 4.43 Å². The Bertz CT molecular complexity index is 200. The Morgan fingerprint density at radius 1 is 1.46 bits per heavy atom. The Morgan fingerprint density at radius 3 is 2.23 bits per heavy atom. The van der Waals surface area contributed by atoms with Crippen LogP contribution in [0, 0.1) is 12.3 Å². The molecule has 0 aliphatic rings. The molecule has 0 aromatic rings. The molecule has 0 aromatic heterocycles. The minimum absolute atomic E-state index is 0.170. The summed E-state index contributed by atoms with van der Waals surface area (Å²) in [5.74, 6) is 2.63. The molecule has 13 heavy (non-hydrogen) atoms. The number of rotatable bonds is 3. The van der Waals surface area contributed by atoms with Crippen LogP contribution in [-0.4, -0.2) is 12.4 Å². The van der Waals surface area contributed by atoms with E-state index < -0.39 is 8.32 Å². The van der Waals surface area contributed by atoms with Crippen LogP contribution in [0.15, 0.2) is 0 Å². The van der Waals surface area contributed by atoms with E-state index in [0.29, 0.717) is 6.42 Å². The zero-order chi connectivity index (χ0) is 10.7. The number of hydrogen-bond donors (Lipinski definition) is 0. The Labute approximate surface area is 96.9 Å². The van der Waals surface area contributed by atoms with Crippen LogP contribution in [0.25, 0.3) is 0 Å². The quantitative estimate of drug-likeness (QED) is 0.333. The summed E-state index contributed by atoms with van der Waals surface area (Å²) in [5.41, 5.74) is 0. The van der Waals surface area contributed by atoms with Crippen molar-refractivity contribution in [2.24, 2.45) is 0 Å². The fraction of sp³-hybridized carbons (Fsp3) is 0.800. The van der Waals surface area contributed by atoms with Gasteiger partial charge in [-0.15, -0.1) is 12.3 Å². The smallest absolute Gasteiger partial charge is 0.193 e. The molecule has 0 aromatic carbocycles.